The number of carbonyl (C=O) groups is 1. The van der Waals surface area contributed by atoms with Crippen LogP contribution in [-0.4, -0.2) is 10.8 Å². The second kappa shape index (κ2) is 6.91. The van der Waals surface area contributed by atoms with Crippen molar-refractivity contribution < 1.29 is 9.72 Å². The Hall–Kier alpha value is -3.21. The first-order valence-electron chi connectivity index (χ1n) is 7.61. The van der Waals surface area contributed by atoms with Crippen LogP contribution in [-0.2, 0) is 17.8 Å². The maximum Gasteiger partial charge on any atom is 0.273 e. The molecule has 3 aromatic rings. The molecule has 0 fully saturated rings. The van der Waals surface area contributed by atoms with E-state index in [1.54, 1.807) is 18.2 Å². The number of nitro groups is 1. The summed E-state index contributed by atoms with van der Waals surface area (Å²) in [5, 5.41) is 16.0. The number of para-hydroxylation sites is 1. The fourth-order valence-corrected chi connectivity index (χ4v) is 2.71. The fraction of sp³-hybridized carbons (Fsp3) is 0.105. The number of hydrogen-bond acceptors (Lipinski definition) is 3. The zero-order chi connectivity index (χ0) is 16.9. The summed E-state index contributed by atoms with van der Waals surface area (Å²) in [5.41, 5.74) is 1.40. The normalized spacial score (nSPS) is 10.5. The van der Waals surface area contributed by atoms with Crippen LogP contribution in [0.25, 0.3) is 10.8 Å². The Labute approximate surface area is 139 Å². The largest absolute Gasteiger partial charge is 0.352 e. The average molecular weight is 320 g/mol. The van der Waals surface area contributed by atoms with Crippen molar-refractivity contribution in [2.24, 2.45) is 0 Å². The van der Waals surface area contributed by atoms with Crippen LogP contribution in [0, 0.1) is 10.1 Å². The molecular formula is C19H16N2O3. The van der Waals surface area contributed by atoms with E-state index < -0.39 is 4.92 Å². The number of hydrogen-bond donors (Lipinski definition) is 1. The molecule has 0 aliphatic carbocycles. The molecule has 0 radical (unpaired) electrons. The first-order valence-corrected chi connectivity index (χ1v) is 7.61. The average Bonchev–Trinajstić information content (AvgIpc) is 2.60. The van der Waals surface area contributed by atoms with Crippen molar-refractivity contribution in [3.05, 3.63) is 88.0 Å². The molecule has 0 atom stereocenters. The molecule has 0 aliphatic rings. The number of nitro benzene ring substituents is 1. The third-order valence-electron chi connectivity index (χ3n) is 3.90. The summed E-state index contributed by atoms with van der Waals surface area (Å²) in [4.78, 5) is 22.7. The van der Waals surface area contributed by atoms with Gasteiger partial charge in [-0.1, -0.05) is 60.7 Å². The molecular weight excluding hydrogens is 304 g/mol. The Morgan fingerprint density at radius 3 is 2.42 bits per heavy atom. The molecule has 0 spiro atoms. The molecule has 120 valence electrons. The summed E-state index contributed by atoms with van der Waals surface area (Å²) in [6.07, 6.45) is -0.0120. The van der Waals surface area contributed by atoms with Crippen LogP contribution >= 0.6 is 0 Å². The van der Waals surface area contributed by atoms with Crippen molar-refractivity contribution in [3.63, 3.8) is 0 Å². The van der Waals surface area contributed by atoms with Gasteiger partial charge in [-0.25, -0.2) is 0 Å². The van der Waals surface area contributed by atoms with Crippen molar-refractivity contribution in [2.75, 3.05) is 0 Å². The highest BCUT2D eigenvalue weighted by atomic mass is 16.6. The number of fused-ring (bicyclic) bond motifs is 1. The standard InChI is InChI=1S/C19H16N2O3/c22-19(12-15-7-2-4-11-18(15)21(23)24)20-13-16-9-5-8-14-6-1-3-10-17(14)16/h1-11H,12-13H2,(H,20,22). The predicted octanol–water partition coefficient (Wildman–Crippen LogP) is 3.61. The van der Waals surface area contributed by atoms with Gasteiger partial charge in [0.1, 0.15) is 0 Å². The first-order chi connectivity index (χ1) is 11.6. The van der Waals surface area contributed by atoms with E-state index >= 15 is 0 Å². The molecule has 24 heavy (non-hydrogen) atoms. The maximum atomic E-state index is 12.2. The molecule has 5 heteroatoms. The van der Waals surface area contributed by atoms with Crippen LogP contribution in [0.4, 0.5) is 5.69 Å². The quantitative estimate of drug-likeness (QED) is 0.576. The van der Waals surface area contributed by atoms with Crippen LogP contribution in [0.5, 0.6) is 0 Å². The van der Waals surface area contributed by atoms with E-state index in [9.17, 15) is 14.9 Å². The lowest BCUT2D eigenvalue weighted by atomic mass is 10.0. The van der Waals surface area contributed by atoms with Gasteiger partial charge in [0, 0.05) is 18.2 Å². The molecule has 0 bridgehead atoms. The van der Waals surface area contributed by atoms with E-state index in [4.69, 9.17) is 0 Å². The van der Waals surface area contributed by atoms with Gasteiger partial charge in [-0.3, -0.25) is 14.9 Å². The Morgan fingerprint density at radius 1 is 0.917 bits per heavy atom. The predicted molar refractivity (Wildman–Crippen MR) is 92.6 cm³/mol. The summed E-state index contributed by atoms with van der Waals surface area (Å²) in [6.45, 7) is 0.390. The van der Waals surface area contributed by atoms with E-state index in [1.165, 1.54) is 6.07 Å². The van der Waals surface area contributed by atoms with Crippen molar-refractivity contribution in [1.29, 1.82) is 0 Å². The van der Waals surface area contributed by atoms with Gasteiger partial charge in [0.05, 0.1) is 11.3 Å². The van der Waals surface area contributed by atoms with Gasteiger partial charge < -0.3 is 5.32 Å². The smallest absolute Gasteiger partial charge is 0.273 e. The number of amides is 1. The van der Waals surface area contributed by atoms with Crippen LogP contribution in [0.2, 0.25) is 0 Å². The SMILES string of the molecule is O=C(Cc1ccccc1[N+](=O)[O-])NCc1cccc2ccccc12. The van der Waals surface area contributed by atoms with Crippen LogP contribution < -0.4 is 5.32 Å². The van der Waals surface area contributed by atoms with Gasteiger partial charge in [-0.2, -0.15) is 0 Å². The minimum atomic E-state index is -0.465. The molecule has 0 aromatic heterocycles. The molecule has 0 saturated carbocycles. The number of carbonyl (C=O) groups excluding carboxylic acids is 1. The molecule has 5 nitrogen and oxygen atoms in total. The molecule has 0 unspecified atom stereocenters. The Bertz CT molecular complexity index is 901. The summed E-state index contributed by atoms with van der Waals surface area (Å²) in [5.74, 6) is -0.239. The highest BCUT2D eigenvalue weighted by molar-refractivity contribution is 5.86. The Balaban J connectivity index is 1.71. The molecule has 1 amide bonds. The third-order valence-corrected chi connectivity index (χ3v) is 3.90. The minimum absolute atomic E-state index is 0.0120. The molecule has 1 N–H and O–H groups in total. The number of nitrogens with one attached hydrogen (secondary N) is 1. The summed E-state index contributed by atoms with van der Waals surface area (Å²) < 4.78 is 0. The fourth-order valence-electron chi connectivity index (χ4n) is 2.71. The highest BCUT2D eigenvalue weighted by Crippen LogP contribution is 2.19. The van der Waals surface area contributed by atoms with E-state index in [1.807, 2.05) is 42.5 Å². The van der Waals surface area contributed by atoms with E-state index in [-0.39, 0.29) is 18.0 Å². The van der Waals surface area contributed by atoms with Crippen molar-refractivity contribution in [1.82, 2.24) is 5.32 Å². The number of benzene rings is 3. The van der Waals surface area contributed by atoms with Gasteiger partial charge in [0.25, 0.3) is 5.69 Å². The van der Waals surface area contributed by atoms with Crippen LogP contribution in [0.15, 0.2) is 66.7 Å². The summed E-state index contributed by atoms with van der Waals surface area (Å²) in [7, 11) is 0. The lowest BCUT2D eigenvalue weighted by Gasteiger charge is -2.09. The van der Waals surface area contributed by atoms with Gasteiger partial charge in [-0.15, -0.1) is 0 Å². The zero-order valence-electron chi connectivity index (χ0n) is 12.9. The van der Waals surface area contributed by atoms with Crippen molar-refractivity contribution in [2.45, 2.75) is 13.0 Å². The second-order valence-corrected chi connectivity index (χ2v) is 5.48. The van der Waals surface area contributed by atoms with E-state index in [2.05, 4.69) is 5.32 Å². The van der Waals surface area contributed by atoms with Crippen molar-refractivity contribution >= 4 is 22.4 Å². The minimum Gasteiger partial charge on any atom is -0.352 e. The number of nitrogens with zero attached hydrogens (tertiary/aromatic N) is 1. The monoisotopic (exact) mass is 320 g/mol. The van der Waals surface area contributed by atoms with Crippen molar-refractivity contribution in [3.8, 4) is 0 Å². The van der Waals surface area contributed by atoms with E-state index in [0.717, 1.165) is 16.3 Å². The topological polar surface area (TPSA) is 72.2 Å². The van der Waals surface area contributed by atoms with Gasteiger partial charge >= 0.3 is 0 Å². The molecule has 0 aliphatic heterocycles. The first kappa shape index (κ1) is 15.7. The lowest BCUT2D eigenvalue weighted by Crippen LogP contribution is -2.25. The molecule has 3 aromatic carbocycles. The molecule has 0 saturated heterocycles. The summed E-state index contributed by atoms with van der Waals surface area (Å²) in [6, 6.07) is 20.2. The van der Waals surface area contributed by atoms with Gasteiger partial charge in [-0.05, 0) is 16.3 Å². The van der Waals surface area contributed by atoms with Crippen LogP contribution in [0.1, 0.15) is 11.1 Å². The van der Waals surface area contributed by atoms with E-state index in [0.29, 0.717) is 12.1 Å². The lowest BCUT2D eigenvalue weighted by molar-refractivity contribution is -0.385. The Morgan fingerprint density at radius 2 is 1.58 bits per heavy atom. The summed E-state index contributed by atoms with van der Waals surface area (Å²) >= 11 is 0. The molecule has 0 heterocycles. The second-order valence-electron chi connectivity index (χ2n) is 5.48. The highest BCUT2D eigenvalue weighted by Gasteiger charge is 2.15. The van der Waals surface area contributed by atoms with Gasteiger partial charge in [0.15, 0.2) is 0 Å². The zero-order valence-corrected chi connectivity index (χ0v) is 12.9. The molecule has 3 rings (SSSR count). The number of rotatable bonds is 5. The third kappa shape index (κ3) is 3.41. The maximum absolute atomic E-state index is 12.2. The van der Waals surface area contributed by atoms with Gasteiger partial charge in [0.2, 0.25) is 5.91 Å². The Kier molecular flexibility index (Phi) is 4.52. The van der Waals surface area contributed by atoms with Crippen LogP contribution in [0.3, 0.4) is 0 Å².